The van der Waals surface area contributed by atoms with Crippen LogP contribution in [0.3, 0.4) is 0 Å². The van der Waals surface area contributed by atoms with Gasteiger partial charge in [-0.15, -0.1) is 0 Å². The van der Waals surface area contributed by atoms with Crippen molar-refractivity contribution in [1.82, 2.24) is 5.32 Å². The predicted octanol–water partition coefficient (Wildman–Crippen LogP) is 4.48. The molecule has 1 aliphatic heterocycles. The van der Waals surface area contributed by atoms with Crippen molar-refractivity contribution in [1.29, 1.82) is 0 Å². The number of benzene rings is 2. The van der Waals surface area contributed by atoms with Crippen LogP contribution in [-0.4, -0.2) is 21.9 Å². The zero-order valence-electron chi connectivity index (χ0n) is 15.9. The van der Waals surface area contributed by atoms with Gasteiger partial charge in [0.15, 0.2) is 5.11 Å². The summed E-state index contributed by atoms with van der Waals surface area (Å²) in [6.07, 6.45) is 1.19. The summed E-state index contributed by atoms with van der Waals surface area (Å²) in [6.45, 7) is 0. The van der Waals surface area contributed by atoms with Crippen molar-refractivity contribution >= 4 is 58.2 Å². The summed E-state index contributed by atoms with van der Waals surface area (Å²) in [5, 5.41) is 13.4. The van der Waals surface area contributed by atoms with Crippen molar-refractivity contribution in [2.45, 2.75) is 0 Å². The molecular weight excluding hydrogens is 461 g/mol. The zero-order valence-corrected chi connectivity index (χ0v) is 17.4. The molecule has 1 N–H and O–H groups in total. The second kappa shape index (κ2) is 8.33. The summed E-state index contributed by atoms with van der Waals surface area (Å²) in [6, 6.07) is 12.0. The average Bonchev–Trinajstić information content (AvgIpc) is 3.19. The Morgan fingerprint density at radius 2 is 1.94 bits per heavy atom. The third-order valence-electron chi connectivity index (χ3n) is 4.51. The Morgan fingerprint density at radius 1 is 1.16 bits per heavy atom. The first-order valence-electron chi connectivity index (χ1n) is 8.96. The molecule has 2 aromatic carbocycles. The van der Waals surface area contributed by atoms with Gasteiger partial charge in [0, 0.05) is 17.7 Å². The topological polar surface area (TPSA) is 106 Å². The van der Waals surface area contributed by atoms with E-state index < -0.39 is 22.6 Å². The number of rotatable bonds is 4. The van der Waals surface area contributed by atoms with Gasteiger partial charge in [-0.2, -0.15) is 0 Å². The van der Waals surface area contributed by atoms with Crippen molar-refractivity contribution in [3.05, 3.63) is 86.9 Å². The molecule has 3 aromatic rings. The molecule has 160 valence electrons. The second-order valence-electron chi connectivity index (χ2n) is 6.56. The summed E-state index contributed by atoms with van der Waals surface area (Å²) < 4.78 is 19.3. The van der Waals surface area contributed by atoms with E-state index >= 15 is 0 Å². The number of hydrogen-bond acceptors (Lipinski definition) is 6. The molecule has 11 heteroatoms. The number of nitrogens with one attached hydrogen (secondary N) is 1. The normalized spacial score (nSPS) is 15.2. The molecule has 2 amide bonds. The fraction of sp³-hybridized carbons (Fsp3) is 0. The van der Waals surface area contributed by atoms with Crippen molar-refractivity contribution < 1.29 is 23.3 Å². The molecule has 8 nitrogen and oxygen atoms in total. The quantitative estimate of drug-likeness (QED) is 0.198. The van der Waals surface area contributed by atoms with Crippen molar-refractivity contribution in [2.24, 2.45) is 0 Å². The van der Waals surface area contributed by atoms with Crippen molar-refractivity contribution in [3.63, 3.8) is 0 Å². The third kappa shape index (κ3) is 4.01. The molecule has 32 heavy (non-hydrogen) atoms. The van der Waals surface area contributed by atoms with E-state index in [9.17, 15) is 24.1 Å². The number of anilines is 1. The van der Waals surface area contributed by atoms with Crippen LogP contribution in [0.5, 0.6) is 0 Å². The van der Waals surface area contributed by atoms with E-state index in [-0.39, 0.29) is 44.2 Å². The minimum Gasteiger partial charge on any atom is -0.457 e. The number of halogens is 2. The standard InChI is InChI=1S/C21H11ClFN3O5S/c22-17-6-4-13(26(29)30)9-15(17)18-7-5-14(31-18)10-16-19(27)24-21(32)25(20(16)28)12-3-1-2-11(23)8-12/h1-10H,(H,24,27,32)/b16-10+. The van der Waals surface area contributed by atoms with Gasteiger partial charge < -0.3 is 4.42 Å². The van der Waals surface area contributed by atoms with Crippen LogP contribution in [0.15, 0.2) is 64.6 Å². The molecule has 0 saturated carbocycles. The summed E-state index contributed by atoms with van der Waals surface area (Å²) in [4.78, 5) is 36.8. The highest BCUT2D eigenvalue weighted by Crippen LogP contribution is 2.33. The maximum atomic E-state index is 13.6. The van der Waals surface area contributed by atoms with E-state index in [1.807, 2.05) is 0 Å². The molecule has 0 bridgehead atoms. The molecule has 0 unspecified atom stereocenters. The molecule has 0 spiro atoms. The number of furan rings is 1. The molecule has 0 radical (unpaired) electrons. The third-order valence-corrected chi connectivity index (χ3v) is 5.12. The molecule has 1 saturated heterocycles. The maximum Gasteiger partial charge on any atom is 0.270 e. The first-order valence-corrected chi connectivity index (χ1v) is 9.74. The van der Waals surface area contributed by atoms with Gasteiger partial charge in [-0.25, -0.2) is 4.39 Å². The lowest BCUT2D eigenvalue weighted by atomic mass is 10.1. The number of amides is 2. The largest absolute Gasteiger partial charge is 0.457 e. The lowest BCUT2D eigenvalue weighted by Crippen LogP contribution is -2.54. The van der Waals surface area contributed by atoms with E-state index in [1.54, 1.807) is 0 Å². The van der Waals surface area contributed by atoms with E-state index in [2.05, 4.69) is 5.32 Å². The number of thiocarbonyl (C=S) groups is 1. The molecule has 1 aromatic heterocycles. The number of nitro benzene ring substituents is 1. The van der Waals surface area contributed by atoms with Crippen LogP contribution in [0.4, 0.5) is 15.8 Å². The van der Waals surface area contributed by atoms with Crippen LogP contribution in [0.25, 0.3) is 17.4 Å². The molecule has 4 rings (SSSR count). The van der Waals surface area contributed by atoms with Gasteiger partial charge in [0.2, 0.25) is 0 Å². The molecule has 2 heterocycles. The van der Waals surface area contributed by atoms with Gasteiger partial charge >= 0.3 is 0 Å². The fourth-order valence-electron chi connectivity index (χ4n) is 3.04. The Morgan fingerprint density at radius 3 is 2.66 bits per heavy atom. The van der Waals surface area contributed by atoms with E-state index in [0.29, 0.717) is 0 Å². The van der Waals surface area contributed by atoms with Crippen LogP contribution < -0.4 is 10.2 Å². The monoisotopic (exact) mass is 471 g/mol. The van der Waals surface area contributed by atoms with E-state index in [4.69, 9.17) is 28.2 Å². The number of nitrogens with zero attached hydrogens (tertiary/aromatic N) is 2. The summed E-state index contributed by atoms with van der Waals surface area (Å²) >= 11 is 11.2. The second-order valence-corrected chi connectivity index (χ2v) is 7.35. The Hall–Kier alpha value is -3.89. The number of carbonyl (C=O) groups excluding carboxylic acids is 2. The van der Waals surface area contributed by atoms with Gasteiger partial charge in [-0.3, -0.25) is 29.9 Å². The highest BCUT2D eigenvalue weighted by atomic mass is 35.5. The average molecular weight is 472 g/mol. The van der Waals surface area contributed by atoms with Crippen LogP contribution in [0.1, 0.15) is 5.76 Å². The number of carbonyl (C=O) groups is 2. The molecular formula is C21H11ClFN3O5S. The van der Waals surface area contributed by atoms with E-state index in [0.717, 1.165) is 11.0 Å². The predicted molar refractivity (Wildman–Crippen MR) is 118 cm³/mol. The SMILES string of the molecule is O=C1NC(=S)N(c2cccc(F)c2)C(=O)/C1=C/c1ccc(-c2cc([N+](=O)[O-])ccc2Cl)o1. The number of nitro groups is 1. The van der Waals surface area contributed by atoms with Gasteiger partial charge in [-0.1, -0.05) is 17.7 Å². The minimum atomic E-state index is -0.768. The molecule has 0 aliphatic carbocycles. The molecule has 1 fully saturated rings. The van der Waals surface area contributed by atoms with Crippen LogP contribution in [-0.2, 0) is 9.59 Å². The highest BCUT2D eigenvalue weighted by molar-refractivity contribution is 7.80. The first-order chi connectivity index (χ1) is 15.2. The molecule has 1 aliphatic rings. The van der Waals surface area contributed by atoms with Crippen LogP contribution >= 0.6 is 23.8 Å². The summed E-state index contributed by atoms with van der Waals surface area (Å²) in [5.74, 6) is -1.78. The first kappa shape index (κ1) is 21.3. The lowest BCUT2D eigenvalue weighted by molar-refractivity contribution is -0.384. The number of non-ortho nitro benzene ring substituents is 1. The van der Waals surface area contributed by atoms with Crippen LogP contribution in [0, 0.1) is 15.9 Å². The smallest absolute Gasteiger partial charge is 0.270 e. The van der Waals surface area contributed by atoms with Gasteiger partial charge in [0.1, 0.15) is 22.9 Å². The number of hydrogen-bond donors (Lipinski definition) is 1. The minimum absolute atomic E-state index is 0.119. The Bertz CT molecular complexity index is 1340. The van der Waals surface area contributed by atoms with E-state index in [1.165, 1.54) is 54.6 Å². The summed E-state index contributed by atoms with van der Waals surface area (Å²) in [7, 11) is 0. The van der Waals surface area contributed by atoms with Crippen molar-refractivity contribution in [3.8, 4) is 11.3 Å². The highest BCUT2D eigenvalue weighted by Gasteiger charge is 2.35. The Balaban J connectivity index is 1.70. The summed E-state index contributed by atoms with van der Waals surface area (Å²) in [5.41, 5.74) is -0.0578. The van der Waals surface area contributed by atoms with Crippen molar-refractivity contribution in [2.75, 3.05) is 4.90 Å². The Kier molecular flexibility index (Phi) is 5.56. The Labute approximate surface area is 190 Å². The maximum absolute atomic E-state index is 13.6. The van der Waals surface area contributed by atoms with Gasteiger partial charge in [0.05, 0.1) is 15.6 Å². The van der Waals surface area contributed by atoms with Crippen LogP contribution in [0.2, 0.25) is 5.02 Å². The van der Waals surface area contributed by atoms with Gasteiger partial charge in [-0.05, 0) is 54.7 Å². The van der Waals surface area contributed by atoms with Gasteiger partial charge in [0.25, 0.3) is 17.5 Å². The fourth-order valence-corrected chi connectivity index (χ4v) is 3.53. The molecule has 0 atom stereocenters. The zero-order chi connectivity index (χ0) is 23.0. The lowest BCUT2D eigenvalue weighted by Gasteiger charge is -2.28.